The number of benzene rings is 2. The van der Waals surface area contributed by atoms with E-state index in [0.717, 1.165) is 32.7 Å². The minimum absolute atomic E-state index is 0.165. The van der Waals surface area contributed by atoms with Crippen LogP contribution in [0.2, 0.25) is 0 Å². The average Bonchev–Trinajstić information content (AvgIpc) is 3.42. The Morgan fingerprint density at radius 2 is 1.82 bits per heavy atom. The van der Waals surface area contributed by atoms with E-state index >= 15 is 0 Å². The summed E-state index contributed by atoms with van der Waals surface area (Å²) in [6, 6.07) is 20.1. The van der Waals surface area contributed by atoms with Gasteiger partial charge in [-0.2, -0.15) is 0 Å². The van der Waals surface area contributed by atoms with Crippen molar-refractivity contribution in [2.75, 3.05) is 11.1 Å². The Hall–Kier alpha value is -3.63. The maximum absolute atomic E-state index is 12.3. The zero-order chi connectivity index (χ0) is 22.8. The molecule has 0 aliphatic carbocycles. The molecule has 33 heavy (non-hydrogen) atoms. The number of amides is 1. The summed E-state index contributed by atoms with van der Waals surface area (Å²) >= 11 is 2.66. The van der Waals surface area contributed by atoms with Crippen molar-refractivity contribution in [3.8, 4) is 22.6 Å². The van der Waals surface area contributed by atoms with Crippen molar-refractivity contribution in [2.24, 2.45) is 7.05 Å². The van der Waals surface area contributed by atoms with Gasteiger partial charge in [0.2, 0.25) is 11.0 Å². The van der Waals surface area contributed by atoms with Gasteiger partial charge in [0.15, 0.2) is 11.0 Å². The molecule has 164 valence electrons. The molecule has 0 unspecified atom stereocenters. The third kappa shape index (κ3) is 4.48. The first-order valence-corrected chi connectivity index (χ1v) is 12.0. The van der Waals surface area contributed by atoms with Crippen LogP contribution in [-0.2, 0) is 11.8 Å². The van der Waals surface area contributed by atoms with E-state index in [-0.39, 0.29) is 11.7 Å². The summed E-state index contributed by atoms with van der Waals surface area (Å²) in [5.74, 6) is 0.742. The predicted octanol–water partition coefficient (Wildman–Crippen LogP) is 4.59. The van der Waals surface area contributed by atoms with Gasteiger partial charge in [0.1, 0.15) is 5.01 Å². The summed E-state index contributed by atoms with van der Waals surface area (Å²) < 4.78 is 1.91. The molecular formula is C23H19N7OS2. The molecule has 3 aromatic heterocycles. The number of rotatable bonds is 6. The van der Waals surface area contributed by atoms with Crippen molar-refractivity contribution in [3.05, 3.63) is 65.7 Å². The van der Waals surface area contributed by atoms with Crippen LogP contribution in [-0.4, -0.2) is 41.6 Å². The number of carbonyl (C=O) groups is 1. The number of carbonyl (C=O) groups excluding carboxylic acids is 1. The van der Waals surface area contributed by atoms with Gasteiger partial charge >= 0.3 is 0 Å². The number of nitrogens with one attached hydrogen (secondary N) is 1. The zero-order valence-electron chi connectivity index (χ0n) is 17.9. The van der Waals surface area contributed by atoms with Gasteiger partial charge in [0, 0.05) is 23.6 Å². The van der Waals surface area contributed by atoms with E-state index in [1.165, 1.54) is 23.1 Å². The van der Waals surface area contributed by atoms with E-state index < -0.39 is 0 Å². The molecule has 0 radical (unpaired) electrons. The largest absolute Gasteiger partial charge is 0.305 e. The molecule has 0 spiro atoms. The van der Waals surface area contributed by atoms with E-state index in [1.807, 2.05) is 79.2 Å². The minimum atomic E-state index is -0.165. The van der Waals surface area contributed by atoms with Gasteiger partial charge in [0.25, 0.3) is 0 Å². The van der Waals surface area contributed by atoms with Crippen molar-refractivity contribution in [3.63, 3.8) is 0 Å². The summed E-state index contributed by atoms with van der Waals surface area (Å²) in [5.41, 5.74) is 3.73. The first-order chi connectivity index (χ1) is 16.1. The van der Waals surface area contributed by atoms with Crippen molar-refractivity contribution >= 4 is 45.0 Å². The van der Waals surface area contributed by atoms with Gasteiger partial charge in [-0.15, -0.1) is 20.4 Å². The quantitative estimate of drug-likeness (QED) is 0.360. The van der Waals surface area contributed by atoms with Crippen molar-refractivity contribution in [1.82, 2.24) is 29.9 Å². The van der Waals surface area contributed by atoms with Gasteiger partial charge in [0.05, 0.1) is 17.0 Å². The lowest BCUT2D eigenvalue weighted by Gasteiger charge is -2.10. The molecule has 0 fully saturated rings. The predicted molar refractivity (Wildman–Crippen MR) is 131 cm³/mol. The second-order valence-electron chi connectivity index (χ2n) is 7.27. The Morgan fingerprint density at radius 3 is 2.61 bits per heavy atom. The molecule has 0 atom stereocenters. The van der Waals surface area contributed by atoms with Crippen LogP contribution in [0.4, 0.5) is 5.13 Å². The third-order valence-corrected chi connectivity index (χ3v) is 6.74. The lowest BCUT2D eigenvalue weighted by Crippen LogP contribution is -2.14. The third-order valence-electron chi connectivity index (χ3n) is 4.97. The van der Waals surface area contributed by atoms with Crippen LogP contribution < -0.4 is 5.32 Å². The smallest absolute Gasteiger partial charge is 0.236 e. The molecule has 1 N–H and O–H groups in total. The number of fused-ring (bicyclic) bond motifs is 1. The minimum Gasteiger partial charge on any atom is -0.305 e. The van der Waals surface area contributed by atoms with Crippen LogP contribution in [0.5, 0.6) is 0 Å². The first kappa shape index (κ1) is 21.2. The molecule has 0 saturated heterocycles. The van der Waals surface area contributed by atoms with Crippen molar-refractivity contribution in [2.45, 2.75) is 12.1 Å². The Kier molecular flexibility index (Phi) is 5.84. The normalized spacial score (nSPS) is 11.1. The molecule has 5 rings (SSSR count). The molecular weight excluding hydrogens is 454 g/mol. The fourth-order valence-electron chi connectivity index (χ4n) is 3.42. The molecule has 5 aromatic rings. The van der Waals surface area contributed by atoms with E-state index in [1.54, 1.807) is 0 Å². The highest BCUT2D eigenvalue weighted by molar-refractivity contribution is 7.99. The number of thioether (sulfide) groups is 1. The van der Waals surface area contributed by atoms with Crippen molar-refractivity contribution < 1.29 is 4.79 Å². The summed E-state index contributed by atoms with van der Waals surface area (Å²) in [7, 11) is 1.90. The maximum atomic E-state index is 12.3. The second kappa shape index (κ2) is 9.08. The van der Waals surface area contributed by atoms with E-state index in [2.05, 4.69) is 25.7 Å². The number of nitrogens with zero attached hydrogens (tertiary/aromatic N) is 6. The van der Waals surface area contributed by atoms with E-state index in [0.29, 0.717) is 16.1 Å². The first-order valence-electron chi connectivity index (χ1n) is 10.2. The van der Waals surface area contributed by atoms with Crippen LogP contribution in [0, 0.1) is 6.92 Å². The molecule has 1 amide bonds. The Labute approximate surface area is 198 Å². The topological polar surface area (TPSA) is 98.5 Å². The molecule has 0 bridgehead atoms. The summed E-state index contributed by atoms with van der Waals surface area (Å²) in [4.78, 5) is 17.1. The van der Waals surface area contributed by atoms with Gasteiger partial charge in [-0.05, 0) is 19.1 Å². The average molecular weight is 474 g/mol. The molecule has 0 saturated carbocycles. The lowest BCUT2D eigenvalue weighted by atomic mass is 10.0. The van der Waals surface area contributed by atoms with Gasteiger partial charge < -0.3 is 4.57 Å². The highest BCUT2D eigenvalue weighted by Crippen LogP contribution is 2.32. The SMILES string of the molecule is Cc1nnc(NC(=O)CSc2nnc(-c3cc(-c4ccccc4)nc4ccccc34)n2C)s1. The molecule has 10 heteroatoms. The number of aromatic nitrogens is 6. The molecule has 8 nitrogen and oxygen atoms in total. The Morgan fingerprint density at radius 1 is 1.03 bits per heavy atom. The number of hydrogen-bond donors (Lipinski definition) is 1. The van der Waals surface area contributed by atoms with Crippen molar-refractivity contribution in [1.29, 1.82) is 0 Å². The number of anilines is 1. The highest BCUT2D eigenvalue weighted by atomic mass is 32.2. The zero-order valence-corrected chi connectivity index (χ0v) is 19.5. The standard InChI is InChI=1S/C23H19N7OS2/c1-14-26-28-22(33-14)25-20(31)13-32-23-29-27-21(30(23)2)17-12-19(15-8-4-3-5-9-15)24-18-11-7-6-10-16(17)18/h3-12H,13H2,1-2H3,(H,25,28,31). The van der Waals surface area contributed by atoms with Crippen LogP contribution in [0.3, 0.4) is 0 Å². The van der Waals surface area contributed by atoms with Crippen LogP contribution in [0.15, 0.2) is 65.8 Å². The number of aryl methyl sites for hydroxylation is 1. The van der Waals surface area contributed by atoms with Crippen LogP contribution >= 0.6 is 23.1 Å². The number of hydrogen-bond acceptors (Lipinski definition) is 8. The molecule has 0 aliphatic rings. The van der Waals surface area contributed by atoms with Crippen LogP contribution in [0.1, 0.15) is 5.01 Å². The number of pyridine rings is 1. The second-order valence-corrected chi connectivity index (χ2v) is 9.39. The molecule has 3 heterocycles. The fourth-order valence-corrected chi connectivity index (χ4v) is 4.74. The Balaban J connectivity index is 1.44. The van der Waals surface area contributed by atoms with Gasteiger partial charge in [-0.3, -0.25) is 10.1 Å². The monoisotopic (exact) mass is 473 g/mol. The summed E-state index contributed by atoms with van der Waals surface area (Å²) in [5, 5.41) is 22.3. The summed E-state index contributed by atoms with van der Waals surface area (Å²) in [6.07, 6.45) is 0. The lowest BCUT2D eigenvalue weighted by molar-refractivity contribution is -0.113. The Bertz CT molecular complexity index is 1450. The van der Waals surface area contributed by atoms with Gasteiger partial charge in [-0.1, -0.05) is 71.6 Å². The highest BCUT2D eigenvalue weighted by Gasteiger charge is 2.17. The molecule has 2 aromatic carbocycles. The molecule has 0 aliphatic heterocycles. The van der Waals surface area contributed by atoms with Gasteiger partial charge in [-0.25, -0.2) is 4.98 Å². The number of para-hydroxylation sites is 1. The van der Waals surface area contributed by atoms with E-state index in [9.17, 15) is 4.79 Å². The van der Waals surface area contributed by atoms with Crippen LogP contribution in [0.25, 0.3) is 33.5 Å². The van der Waals surface area contributed by atoms with E-state index in [4.69, 9.17) is 4.98 Å². The maximum Gasteiger partial charge on any atom is 0.236 e. The fraction of sp³-hybridized carbons (Fsp3) is 0.130. The summed E-state index contributed by atoms with van der Waals surface area (Å²) in [6.45, 7) is 1.84.